The van der Waals surface area contributed by atoms with Gasteiger partial charge in [0.15, 0.2) is 0 Å². The van der Waals surface area contributed by atoms with Crippen molar-refractivity contribution >= 4 is 11.7 Å². The van der Waals surface area contributed by atoms with Crippen molar-refractivity contribution in [3.63, 3.8) is 0 Å². The minimum atomic E-state index is -0.113. The monoisotopic (exact) mass is 202 g/mol. The fourth-order valence-electron chi connectivity index (χ4n) is 1.18. The summed E-state index contributed by atoms with van der Waals surface area (Å²) in [4.78, 5) is 22.2. The molecule has 0 aromatic carbocycles. The first-order chi connectivity index (χ1) is 7.34. The zero-order valence-corrected chi connectivity index (χ0v) is 7.97. The molecule has 0 fully saturated rings. The van der Waals surface area contributed by atoms with Crippen molar-refractivity contribution in [3.05, 3.63) is 42.6 Å². The summed E-state index contributed by atoms with van der Waals surface area (Å²) in [6.45, 7) is 0. The zero-order valence-electron chi connectivity index (χ0n) is 7.97. The van der Waals surface area contributed by atoms with E-state index in [0.717, 1.165) is 5.69 Å². The Hall–Kier alpha value is -2.17. The van der Waals surface area contributed by atoms with Gasteiger partial charge in [0.2, 0.25) is 5.91 Å². The molecule has 76 valence electrons. The third kappa shape index (κ3) is 2.63. The normalized spacial score (nSPS) is 9.87. The lowest BCUT2D eigenvalue weighted by molar-refractivity contribution is -0.115. The second-order valence-electron chi connectivity index (χ2n) is 3.02. The van der Waals surface area contributed by atoms with Gasteiger partial charge in [0.1, 0.15) is 5.82 Å². The minimum Gasteiger partial charge on any atom is -0.348 e. The van der Waals surface area contributed by atoms with Gasteiger partial charge in [-0.15, -0.1) is 0 Å². The minimum absolute atomic E-state index is 0.113. The summed E-state index contributed by atoms with van der Waals surface area (Å²) in [5.41, 5.74) is 0.781. The maximum atomic E-state index is 11.5. The highest BCUT2D eigenvalue weighted by Gasteiger charge is 2.04. The van der Waals surface area contributed by atoms with Crippen LogP contribution >= 0.6 is 0 Å². The molecule has 2 heterocycles. The molecular weight excluding hydrogens is 192 g/mol. The number of rotatable bonds is 3. The first-order valence-electron chi connectivity index (χ1n) is 4.53. The highest BCUT2D eigenvalue weighted by molar-refractivity contribution is 5.90. The van der Waals surface area contributed by atoms with Crippen molar-refractivity contribution in [2.45, 2.75) is 6.42 Å². The molecule has 2 aromatic rings. The molecule has 2 N–H and O–H groups in total. The van der Waals surface area contributed by atoms with Crippen LogP contribution in [0.5, 0.6) is 0 Å². The molecule has 0 aliphatic rings. The third-order valence-electron chi connectivity index (χ3n) is 1.84. The summed E-state index contributed by atoms with van der Waals surface area (Å²) >= 11 is 0. The first-order valence-corrected chi connectivity index (χ1v) is 4.53. The van der Waals surface area contributed by atoms with Crippen LogP contribution in [0.4, 0.5) is 5.82 Å². The van der Waals surface area contributed by atoms with E-state index in [0.29, 0.717) is 5.82 Å². The number of carbonyl (C=O) groups is 1. The van der Waals surface area contributed by atoms with Crippen molar-refractivity contribution in [2.24, 2.45) is 0 Å². The highest BCUT2D eigenvalue weighted by Crippen LogP contribution is 2.01. The van der Waals surface area contributed by atoms with E-state index in [1.54, 1.807) is 30.9 Å². The number of nitrogens with one attached hydrogen (secondary N) is 2. The summed E-state index contributed by atoms with van der Waals surface area (Å²) in [5, 5.41) is 2.68. The van der Waals surface area contributed by atoms with E-state index in [1.807, 2.05) is 6.07 Å². The smallest absolute Gasteiger partial charge is 0.231 e. The fourth-order valence-corrected chi connectivity index (χ4v) is 1.18. The summed E-state index contributed by atoms with van der Waals surface area (Å²) in [5.74, 6) is 0.444. The molecule has 0 spiro atoms. The SMILES string of the molecule is O=C(Cc1cnc[nH]1)Nc1ccccn1. The summed E-state index contributed by atoms with van der Waals surface area (Å²) in [6.07, 6.45) is 5.07. The number of aromatic nitrogens is 3. The van der Waals surface area contributed by atoms with Gasteiger partial charge in [-0.05, 0) is 12.1 Å². The van der Waals surface area contributed by atoms with Crippen LogP contribution in [-0.4, -0.2) is 20.9 Å². The predicted octanol–water partition coefficient (Wildman–Crippen LogP) is 0.986. The van der Waals surface area contributed by atoms with E-state index in [2.05, 4.69) is 20.3 Å². The number of anilines is 1. The van der Waals surface area contributed by atoms with Gasteiger partial charge >= 0.3 is 0 Å². The van der Waals surface area contributed by atoms with Gasteiger partial charge in [-0.3, -0.25) is 4.79 Å². The molecular formula is C10H10N4O. The lowest BCUT2D eigenvalue weighted by Gasteiger charge is -2.01. The number of nitrogens with zero attached hydrogens (tertiary/aromatic N) is 2. The molecule has 2 rings (SSSR count). The lowest BCUT2D eigenvalue weighted by atomic mass is 10.3. The molecule has 0 atom stereocenters. The molecule has 5 nitrogen and oxygen atoms in total. The van der Waals surface area contributed by atoms with Crippen molar-refractivity contribution < 1.29 is 4.79 Å². The van der Waals surface area contributed by atoms with Gasteiger partial charge in [0, 0.05) is 18.1 Å². The summed E-state index contributed by atoms with van der Waals surface area (Å²) in [6, 6.07) is 5.36. The molecule has 0 bridgehead atoms. The van der Waals surface area contributed by atoms with Crippen LogP contribution in [0, 0.1) is 0 Å². The maximum Gasteiger partial charge on any atom is 0.231 e. The molecule has 0 aliphatic carbocycles. The zero-order chi connectivity index (χ0) is 10.5. The second-order valence-corrected chi connectivity index (χ2v) is 3.02. The van der Waals surface area contributed by atoms with Crippen molar-refractivity contribution in [1.29, 1.82) is 0 Å². The van der Waals surface area contributed by atoms with Crippen molar-refractivity contribution in [2.75, 3.05) is 5.32 Å². The van der Waals surface area contributed by atoms with Crippen LogP contribution in [0.2, 0.25) is 0 Å². The Morgan fingerprint density at radius 3 is 3.07 bits per heavy atom. The number of amides is 1. The van der Waals surface area contributed by atoms with E-state index in [4.69, 9.17) is 0 Å². The number of H-pyrrole nitrogens is 1. The molecule has 2 aromatic heterocycles. The second kappa shape index (κ2) is 4.36. The van der Waals surface area contributed by atoms with Crippen LogP contribution in [-0.2, 0) is 11.2 Å². The molecule has 0 saturated carbocycles. The lowest BCUT2D eigenvalue weighted by Crippen LogP contribution is -2.15. The third-order valence-corrected chi connectivity index (χ3v) is 1.84. The molecule has 1 amide bonds. The Bertz CT molecular complexity index is 424. The average Bonchev–Trinajstić information content (AvgIpc) is 2.71. The first kappa shape index (κ1) is 9.39. The Kier molecular flexibility index (Phi) is 2.73. The summed E-state index contributed by atoms with van der Waals surface area (Å²) < 4.78 is 0. The molecule has 0 radical (unpaired) electrons. The highest BCUT2D eigenvalue weighted by atomic mass is 16.1. The van der Waals surface area contributed by atoms with Crippen LogP contribution in [0.15, 0.2) is 36.9 Å². The van der Waals surface area contributed by atoms with Crippen molar-refractivity contribution in [1.82, 2.24) is 15.0 Å². The van der Waals surface area contributed by atoms with E-state index in [9.17, 15) is 4.79 Å². The number of carbonyl (C=O) groups excluding carboxylic acids is 1. The van der Waals surface area contributed by atoms with E-state index < -0.39 is 0 Å². The van der Waals surface area contributed by atoms with Crippen LogP contribution in [0.25, 0.3) is 0 Å². The predicted molar refractivity (Wildman–Crippen MR) is 55.2 cm³/mol. The van der Waals surface area contributed by atoms with Crippen LogP contribution < -0.4 is 5.32 Å². The average molecular weight is 202 g/mol. The molecule has 0 unspecified atom stereocenters. The molecule has 15 heavy (non-hydrogen) atoms. The summed E-state index contributed by atoms with van der Waals surface area (Å²) in [7, 11) is 0. The topological polar surface area (TPSA) is 70.7 Å². The Morgan fingerprint density at radius 1 is 1.47 bits per heavy atom. The van der Waals surface area contributed by atoms with E-state index in [1.165, 1.54) is 0 Å². The Balaban J connectivity index is 1.94. The standard InChI is InChI=1S/C10H10N4O/c15-10(5-8-6-11-7-13-8)14-9-3-1-2-4-12-9/h1-4,6-7H,5H2,(H,11,13)(H,12,14,15). The number of hydrogen-bond acceptors (Lipinski definition) is 3. The largest absolute Gasteiger partial charge is 0.348 e. The van der Waals surface area contributed by atoms with Gasteiger partial charge in [-0.2, -0.15) is 0 Å². The maximum absolute atomic E-state index is 11.5. The Labute approximate surface area is 86.6 Å². The van der Waals surface area contributed by atoms with Gasteiger partial charge in [0.25, 0.3) is 0 Å². The number of aromatic amines is 1. The van der Waals surface area contributed by atoms with Gasteiger partial charge < -0.3 is 10.3 Å². The van der Waals surface area contributed by atoms with E-state index in [-0.39, 0.29) is 12.3 Å². The molecule has 0 saturated heterocycles. The van der Waals surface area contributed by atoms with Gasteiger partial charge in [-0.25, -0.2) is 9.97 Å². The van der Waals surface area contributed by atoms with E-state index >= 15 is 0 Å². The number of imidazole rings is 1. The quantitative estimate of drug-likeness (QED) is 0.779. The van der Waals surface area contributed by atoms with Gasteiger partial charge in [0.05, 0.1) is 12.7 Å². The molecule has 0 aliphatic heterocycles. The fraction of sp³-hybridized carbons (Fsp3) is 0.100. The number of hydrogen-bond donors (Lipinski definition) is 2. The Morgan fingerprint density at radius 2 is 2.40 bits per heavy atom. The number of pyridine rings is 1. The van der Waals surface area contributed by atoms with Gasteiger partial charge in [-0.1, -0.05) is 6.07 Å². The van der Waals surface area contributed by atoms with Crippen LogP contribution in [0.1, 0.15) is 5.69 Å². The van der Waals surface area contributed by atoms with Crippen molar-refractivity contribution in [3.8, 4) is 0 Å². The van der Waals surface area contributed by atoms with Crippen LogP contribution in [0.3, 0.4) is 0 Å². The molecule has 5 heteroatoms.